The first kappa shape index (κ1) is 11.9. The van der Waals surface area contributed by atoms with E-state index in [1.165, 1.54) is 0 Å². The SMILES string of the molecule is O=C(O)CCc1cnn(-c2ccccc2Br)c1. The molecule has 0 spiro atoms. The number of aromatic nitrogens is 2. The molecule has 4 nitrogen and oxygen atoms in total. The third-order valence-electron chi connectivity index (χ3n) is 2.36. The maximum Gasteiger partial charge on any atom is 0.303 e. The van der Waals surface area contributed by atoms with Crippen LogP contribution in [-0.2, 0) is 11.2 Å². The van der Waals surface area contributed by atoms with E-state index in [2.05, 4.69) is 21.0 Å². The molecule has 0 amide bonds. The standard InChI is InChI=1S/C12H11BrN2O2/c13-10-3-1-2-4-11(10)15-8-9(7-14-15)5-6-12(16)17/h1-4,7-8H,5-6H2,(H,16,17). The molecule has 2 rings (SSSR count). The minimum absolute atomic E-state index is 0.127. The van der Waals surface area contributed by atoms with E-state index in [1.807, 2.05) is 30.5 Å². The highest BCUT2D eigenvalue weighted by Gasteiger charge is 2.05. The predicted octanol–water partition coefficient (Wildman–Crippen LogP) is 2.65. The van der Waals surface area contributed by atoms with Gasteiger partial charge in [-0.2, -0.15) is 5.10 Å². The van der Waals surface area contributed by atoms with Crippen LogP contribution in [0.2, 0.25) is 0 Å². The third kappa shape index (κ3) is 2.94. The fourth-order valence-corrected chi connectivity index (χ4v) is 1.98. The molecule has 2 aromatic rings. The van der Waals surface area contributed by atoms with Crippen molar-refractivity contribution in [2.45, 2.75) is 12.8 Å². The highest BCUT2D eigenvalue weighted by molar-refractivity contribution is 9.10. The zero-order valence-corrected chi connectivity index (χ0v) is 10.6. The van der Waals surface area contributed by atoms with Gasteiger partial charge in [0.1, 0.15) is 0 Å². The Labute approximate surface area is 107 Å². The molecule has 88 valence electrons. The lowest BCUT2D eigenvalue weighted by Gasteiger charge is -2.02. The Morgan fingerprint density at radius 2 is 2.18 bits per heavy atom. The summed E-state index contributed by atoms with van der Waals surface area (Å²) in [6.07, 6.45) is 4.17. The van der Waals surface area contributed by atoms with Crippen LogP contribution in [-0.4, -0.2) is 20.9 Å². The summed E-state index contributed by atoms with van der Waals surface area (Å²) in [5.74, 6) is -0.793. The molecule has 0 fully saturated rings. The van der Waals surface area contributed by atoms with Crippen LogP contribution in [0.5, 0.6) is 0 Å². The van der Waals surface area contributed by atoms with Crippen LogP contribution < -0.4 is 0 Å². The second-order valence-electron chi connectivity index (χ2n) is 3.64. The van der Waals surface area contributed by atoms with Crippen LogP contribution in [0.25, 0.3) is 5.69 Å². The van der Waals surface area contributed by atoms with Gasteiger partial charge in [0.2, 0.25) is 0 Å². The second-order valence-corrected chi connectivity index (χ2v) is 4.49. The Balaban J connectivity index is 2.18. The van der Waals surface area contributed by atoms with Crippen molar-refractivity contribution < 1.29 is 9.90 Å². The van der Waals surface area contributed by atoms with Gasteiger partial charge in [-0.15, -0.1) is 0 Å². The van der Waals surface area contributed by atoms with Crippen molar-refractivity contribution in [3.63, 3.8) is 0 Å². The van der Waals surface area contributed by atoms with E-state index < -0.39 is 5.97 Å². The van der Waals surface area contributed by atoms with E-state index in [4.69, 9.17) is 5.11 Å². The number of benzene rings is 1. The molecule has 0 aliphatic carbocycles. The molecule has 1 aromatic heterocycles. The molecule has 0 atom stereocenters. The summed E-state index contributed by atoms with van der Waals surface area (Å²) in [5, 5.41) is 12.8. The number of aliphatic carboxylic acids is 1. The van der Waals surface area contributed by atoms with Crippen molar-refractivity contribution in [3.8, 4) is 5.69 Å². The minimum atomic E-state index is -0.793. The van der Waals surface area contributed by atoms with Crippen molar-refractivity contribution in [2.24, 2.45) is 0 Å². The molecule has 0 unspecified atom stereocenters. The zero-order chi connectivity index (χ0) is 12.3. The van der Waals surface area contributed by atoms with Gasteiger partial charge >= 0.3 is 5.97 Å². The number of rotatable bonds is 4. The van der Waals surface area contributed by atoms with Gasteiger partial charge in [-0.05, 0) is 40.0 Å². The lowest BCUT2D eigenvalue weighted by molar-refractivity contribution is -0.136. The largest absolute Gasteiger partial charge is 0.481 e. The van der Waals surface area contributed by atoms with E-state index in [0.717, 1.165) is 15.7 Å². The van der Waals surface area contributed by atoms with Gasteiger partial charge in [0.05, 0.1) is 11.9 Å². The molecule has 1 heterocycles. The molecule has 0 radical (unpaired) electrons. The number of nitrogens with zero attached hydrogens (tertiary/aromatic N) is 2. The molecule has 0 saturated carbocycles. The van der Waals surface area contributed by atoms with Crippen molar-refractivity contribution >= 4 is 21.9 Å². The van der Waals surface area contributed by atoms with Crippen LogP contribution in [0.15, 0.2) is 41.1 Å². The molecular weight excluding hydrogens is 284 g/mol. The Kier molecular flexibility index (Phi) is 3.58. The Morgan fingerprint density at radius 1 is 1.41 bits per heavy atom. The topological polar surface area (TPSA) is 55.1 Å². The lowest BCUT2D eigenvalue weighted by Crippen LogP contribution is -1.97. The normalized spacial score (nSPS) is 10.4. The molecule has 0 bridgehead atoms. The van der Waals surface area contributed by atoms with Crippen LogP contribution >= 0.6 is 15.9 Å². The van der Waals surface area contributed by atoms with E-state index in [9.17, 15) is 4.79 Å². The summed E-state index contributed by atoms with van der Waals surface area (Å²) in [6, 6.07) is 7.74. The first-order valence-electron chi connectivity index (χ1n) is 5.17. The van der Waals surface area contributed by atoms with Crippen molar-refractivity contribution in [1.29, 1.82) is 0 Å². The summed E-state index contributed by atoms with van der Waals surface area (Å²) in [5.41, 5.74) is 1.86. The third-order valence-corrected chi connectivity index (χ3v) is 3.03. The summed E-state index contributed by atoms with van der Waals surface area (Å²) in [4.78, 5) is 10.5. The number of carboxylic acids is 1. The van der Waals surface area contributed by atoms with Gasteiger partial charge in [-0.3, -0.25) is 4.79 Å². The molecule has 1 N–H and O–H groups in total. The Hall–Kier alpha value is -1.62. The predicted molar refractivity (Wildman–Crippen MR) is 67.2 cm³/mol. The maximum absolute atomic E-state index is 10.5. The van der Waals surface area contributed by atoms with Gasteiger partial charge < -0.3 is 5.11 Å². The Bertz CT molecular complexity index is 537. The molecule has 17 heavy (non-hydrogen) atoms. The highest BCUT2D eigenvalue weighted by atomic mass is 79.9. The molecule has 1 aromatic carbocycles. The van der Waals surface area contributed by atoms with Gasteiger partial charge in [-0.25, -0.2) is 4.68 Å². The quantitative estimate of drug-likeness (QED) is 0.943. The number of carboxylic acid groups (broad SMARTS) is 1. The van der Waals surface area contributed by atoms with Crippen molar-refractivity contribution in [3.05, 3.63) is 46.7 Å². The number of para-hydroxylation sites is 1. The second kappa shape index (κ2) is 5.14. The smallest absolute Gasteiger partial charge is 0.303 e. The van der Waals surface area contributed by atoms with Crippen LogP contribution in [0.4, 0.5) is 0 Å². The first-order chi connectivity index (χ1) is 8.16. The maximum atomic E-state index is 10.5. The van der Waals surface area contributed by atoms with E-state index >= 15 is 0 Å². The Morgan fingerprint density at radius 3 is 2.88 bits per heavy atom. The number of hydrogen-bond acceptors (Lipinski definition) is 2. The van der Waals surface area contributed by atoms with Gasteiger partial charge in [0.15, 0.2) is 0 Å². The van der Waals surface area contributed by atoms with Crippen molar-refractivity contribution in [1.82, 2.24) is 9.78 Å². The van der Waals surface area contributed by atoms with E-state index in [1.54, 1.807) is 10.9 Å². The summed E-state index contributed by atoms with van der Waals surface area (Å²) < 4.78 is 2.69. The van der Waals surface area contributed by atoms with Gasteiger partial charge in [-0.1, -0.05) is 12.1 Å². The average Bonchev–Trinajstić information content (AvgIpc) is 2.75. The number of halogens is 1. The van der Waals surface area contributed by atoms with E-state index in [0.29, 0.717) is 6.42 Å². The summed E-state index contributed by atoms with van der Waals surface area (Å²) >= 11 is 3.45. The number of hydrogen-bond donors (Lipinski definition) is 1. The monoisotopic (exact) mass is 294 g/mol. The zero-order valence-electron chi connectivity index (χ0n) is 9.01. The molecular formula is C12H11BrN2O2. The van der Waals surface area contributed by atoms with Crippen LogP contribution in [0, 0.1) is 0 Å². The van der Waals surface area contributed by atoms with Gasteiger partial charge in [0.25, 0.3) is 0 Å². The molecule has 0 aliphatic heterocycles. The molecule has 0 aliphatic rings. The lowest BCUT2D eigenvalue weighted by atomic mass is 10.2. The molecule has 5 heteroatoms. The van der Waals surface area contributed by atoms with Crippen LogP contribution in [0.1, 0.15) is 12.0 Å². The average molecular weight is 295 g/mol. The minimum Gasteiger partial charge on any atom is -0.481 e. The summed E-state index contributed by atoms with van der Waals surface area (Å²) in [6.45, 7) is 0. The van der Waals surface area contributed by atoms with Crippen LogP contribution in [0.3, 0.4) is 0 Å². The van der Waals surface area contributed by atoms with Crippen molar-refractivity contribution in [2.75, 3.05) is 0 Å². The molecule has 0 saturated heterocycles. The number of carbonyl (C=O) groups is 1. The van der Waals surface area contributed by atoms with E-state index in [-0.39, 0.29) is 6.42 Å². The number of aryl methyl sites for hydroxylation is 1. The summed E-state index contributed by atoms with van der Waals surface area (Å²) in [7, 11) is 0. The highest BCUT2D eigenvalue weighted by Crippen LogP contribution is 2.20. The fraction of sp³-hybridized carbons (Fsp3) is 0.167. The van der Waals surface area contributed by atoms with Gasteiger partial charge in [0, 0.05) is 17.1 Å². The fourth-order valence-electron chi connectivity index (χ4n) is 1.51. The first-order valence-corrected chi connectivity index (χ1v) is 5.96.